The molecule has 5 rings (SSSR count). The summed E-state index contributed by atoms with van der Waals surface area (Å²) < 4.78 is 40.1. The largest absolute Gasteiger partial charge is 0.416 e. The second-order valence-electron chi connectivity index (χ2n) is 7.71. The van der Waals surface area contributed by atoms with Crippen molar-refractivity contribution in [1.82, 2.24) is 4.98 Å². The summed E-state index contributed by atoms with van der Waals surface area (Å²) in [7, 11) is 0. The molecule has 0 fully saturated rings. The first kappa shape index (κ1) is 21.2. The third kappa shape index (κ3) is 3.74. The average Bonchev–Trinajstić information content (AvgIpc) is 2.79. The summed E-state index contributed by atoms with van der Waals surface area (Å²) >= 11 is 6.00. The maximum absolute atomic E-state index is 13.4. The number of aromatic nitrogens is 1. The number of rotatable bonds is 2. The van der Waals surface area contributed by atoms with Crippen LogP contribution in [0.25, 0.3) is 22.0 Å². The van der Waals surface area contributed by atoms with E-state index in [0.717, 1.165) is 23.3 Å². The van der Waals surface area contributed by atoms with Crippen LogP contribution in [0.3, 0.4) is 0 Å². The molecule has 0 saturated heterocycles. The third-order valence-corrected chi connectivity index (χ3v) is 5.83. The molecule has 4 nitrogen and oxygen atoms in total. The van der Waals surface area contributed by atoms with E-state index in [1.54, 1.807) is 24.4 Å². The molecule has 33 heavy (non-hydrogen) atoms. The van der Waals surface area contributed by atoms with E-state index in [0.29, 0.717) is 27.2 Å². The number of pyridine rings is 1. The van der Waals surface area contributed by atoms with Crippen molar-refractivity contribution in [3.05, 3.63) is 89.1 Å². The molecular formula is C25H15ClF3N3O. The van der Waals surface area contributed by atoms with Gasteiger partial charge in [-0.3, -0.25) is 20.1 Å². The van der Waals surface area contributed by atoms with E-state index in [9.17, 15) is 18.0 Å². The van der Waals surface area contributed by atoms with Crippen molar-refractivity contribution in [1.29, 1.82) is 5.41 Å². The van der Waals surface area contributed by atoms with Gasteiger partial charge in [-0.25, -0.2) is 0 Å². The van der Waals surface area contributed by atoms with Gasteiger partial charge in [0, 0.05) is 34.3 Å². The second-order valence-corrected chi connectivity index (χ2v) is 8.15. The normalized spacial score (nSPS) is 14.0. The first-order chi connectivity index (χ1) is 15.7. The second kappa shape index (κ2) is 7.71. The van der Waals surface area contributed by atoms with E-state index in [1.807, 2.05) is 24.3 Å². The fourth-order valence-electron chi connectivity index (χ4n) is 4.01. The number of benzene rings is 3. The highest BCUT2D eigenvalue weighted by Crippen LogP contribution is 2.41. The zero-order valence-electron chi connectivity index (χ0n) is 16.9. The Balaban J connectivity index is 1.75. The van der Waals surface area contributed by atoms with Crippen molar-refractivity contribution < 1.29 is 18.0 Å². The lowest BCUT2D eigenvalue weighted by Gasteiger charge is -2.31. The molecule has 0 saturated carbocycles. The summed E-state index contributed by atoms with van der Waals surface area (Å²) in [5.41, 5.74) is 2.32. The molecule has 0 unspecified atom stereocenters. The van der Waals surface area contributed by atoms with E-state index >= 15 is 0 Å². The Kier molecular flexibility index (Phi) is 4.94. The van der Waals surface area contributed by atoms with Gasteiger partial charge in [-0.2, -0.15) is 13.2 Å². The van der Waals surface area contributed by atoms with Crippen molar-refractivity contribution in [2.24, 2.45) is 0 Å². The molecule has 0 radical (unpaired) electrons. The Labute approximate surface area is 191 Å². The van der Waals surface area contributed by atoms with E-state index < -0.39 is 17.6 Å². The van der Waals surface area contributed by atoms with Crippen LogP contribution >= 0.6 is 11.6 Å². The molecule has 3 aromatic carbocycles. The predicted molar refractivity (Wildman–Crippen MR) is 122 cm³/mol. The quantitative estimate of drug-likeness (QED) is 0.353. The highest BCUT2D eigenvalue weighted by molar-refractivity contribution is 6.46. The number of nitrogens with one attached hydrogen (secondary N) is 1. The van der Waals surface area contributed by atoms with Gasteiger partial charge < -0.3 is 0 Å². The first-order valence-electron chi connectivity index (χ1n) is 9.99. The van der Waals surface area contributed by atoms with Crippen LogP contribution in [-0.4, -0.2) is 16.6 Å². The molecule has 2 heterocycles. The fourth-order valence-corrected chi connectivity index (χ4v) is 4.13. The van der Waals surface area contributed by atoms with Crippen LogP contribution in [0.5, 0.6) is 0 Å². The third-order valence-electron chi connectivity index (χ3n) is 5.58. The van der Waals surface area contributed by atoms with Gasteiger partial charge in [-0.15, -0.1) is 0 Å². The Hall–Kier alpha value is -3.71. The number of halogens is 4. The fraction of sp³-hybridized carbons (Fsp3) is 0.0800. The van der Waals surface area contributed by atoms with Crippen molar-refractivity contribution in [3.8, 4) is 11.1 Å². The van der Waals surface area contributed by atoms with Crippen LogP contribution in [0.1, 0.15) is 11.1 Å². The van der Waals surface area contributed by atoms with Gasteiger partial charge in [0.1, 0.15) is 5.71 Å². The van der Waals surface area contributed by atoms with Gasteiger partial charge in [-0.1, -0.05) is 35.9 Å². The Morgan fingerprint density at radius 3 is 2.42 bits per heavy atom. The summed E-state index contributed by atoms with van der Waals surface area (Å²) in [6.07, 6.45) is -2.94. The highest BCUT2D eigenvalue weighted by Gasteiger charge is 2.35. The van der Waals surface area contributed by atoms with Crippen molar-refractivity contribution >= 4 is 45.5 Å². The first-order valence-corrected chi connectivity index (χ1v) is 10.4. The minimum atomic E-state index is -4.56. The zero-order chi connectivity index (χ0) is 23.3. The highest BCUT2D eigenvalue weighted by atomic mass is 35.5. The molecule has 1 aromatic heterocycles. The molecule has 4 aromatic rings. The molecule has 0 atom stereocenters. The monoisotopic (exact) mass is 465 g/mol. The maximum Gasteiger partial charge on any atom is 0.416 e. The molecule has 164 valence electrons. The summed E-state index contributed by atoms with van der Waals surface area (Å²) in [6.45, 7) is 0. The molecule has 0 spiro atoms. The zero-order valence-corrected chi connectivity index (χ0v) is 17.7. The summed E-state index contributed by atoms with van der Waals surface area (Å²) in [5, 5.41) is 9.34. The summed E-state index contributed by atoms with van der Waals surface area (Å²) in [4.78, 5) is 18.7. The van der Waals surface area contributed by atoms with Gasteiger partial charge in [-0.05, 0) is 53.6 Å². The van der Waals surface area contributed by atoms with Crippen molar-refractivity contribution in [2.45, 2.75) is 12.6 Å². The van der Waals surface area contributed by atoms with Crippen LogP contribution in [0.4, 0.5) is 24.5 Å². The van der Waals surface area contributed by atoms with Crippen LogP contribution in [0.15, 0.2) is 72.9 Å². The van der Waals surface area contributed by atoms with Crippen molar-refractivity contribution in [3.63, 3.8) is 0 Å². The number of anilines is 2. The van der Waals surface area contributed by atoms with E-state index in [-0.39, 0.29) is 17.8 Å². The summed E-state index contributed by atoms with van der Waals surface area (Å²) in [5.74, 6) is -0.661. The molecule has 0 bridgehead atoms. The number of nitrogens with zero attached hydrogens (tertiary/aromatic N) is 2. The maximum atomic E-state index is 13.4. The van der Waals surface area contributed by atoms with Gasteiger partial charge in [0.15, 0.2) is 0 Å². The van der Waals surface area contributed by atoms with Crippen LogP contribution in [-0.2, 0) is 17.4 Å². The lowest BCUT2D eigenvalue weighted by atomic mass is 9.95. The SMILES string of the molecule is N=C1Cc2cnc3ccc(-c4ccc(Cl)cc4)cc3c2N(c2cccc(C(F)(F)F)c2)C1=O. The number of hydrogen-bond donors (Lipinski definition) is 1. The molecule has 1 aliphatic rings. The molecular weight excluding hydrogens is 451 g/mol. The molecule has 0 aliphatic carbocycles. The standard InChI is InChI=1S/C25H15ClF3N3O/c26-18-7-4-14(5-8-18)15-6-9-22-20(10-15)23-16(13-31-22)11-21(30)24(33)32(23)19-3-1-2-17(12-19)25(27,28)29/h1-10,12-13,30H,11H2. The van der Waals surface area contributed by atoms with E-state index in [1.165, 1.54) is 17.0 Å². The van der Waals surface area contributed by atoms with E-state index in [4.69, 9.17) is 17.0 Å². The van der Waals surface area contributed by atoms with E-state index in [2.05, 4.69) is 4.98 Å². The predicted octanol–water partition coefficient (Wildman–Crippen LogP) is 6.81. The van der Waals surface area contributed by atoms with Crippen molar-refractivity contribution in [2.75, 3.05) is 4.90 Å². The smallest absolute Gasteiger partial charge is 0.299 e. The molecule has 1 amide bonds. The topological polar surface area (TPSA) is 57.1 Å². The Bertz CT molecular complexity index is 1430. The van der Waals surface area contributed by atoms with Crippen LogP contribution in [0, 0.1) is 5.41 Å². The number of fused-ring (bicyclic) bond motifs is 3. The van der Waals surface area contributed by atoms with Gasteiger partial charge in [0.05, 0.1) is 16.8 Å². The number of hydrogen-bond acceptors (Lipinski definition) is 3. The number of carbonyl (C=O) groups is 1. The Morgan fingerprint density at radius 2 is 1.70 bits per heavy atom. The number of alkyl halides is 3. The minimum Gasteiger partial charge on any atom is -0.299 e. The summed E-state index contributed by atoms with van der Waals surface area (Å²) in [6, 6.07) is 17.3. The molecule has 8 heteroatoms. The minimum absolute atomic E-state index is 0.0462. The lowest BCUT2D eigenvalue weighted by Crippen LogP contribution is -2.38. The molecule has 1 N–H and O–H groups in total. The molecule has 1 aliphatic heterocycles. The van der Waals surface area contributed by atoms with Gasteiger partial charge >= 0.3 is 6.18 Å². The average molecular weight is 466 g/mol. The lowest BCUT2D eigenvalue weighted by molar-refractivity contribution is -0.137. The van der Waals surface area contributed by atoms with Gasteiger partial charge in [0.25, 0.3) is 5.91 Å². The van der Waals surface area contributed by atoms with Crippen LogP contribution < -0.4 is 4.90 Å². The Morgan fingerprint density at radius 1 is 0.970 bits per heavy atom. The van der Waals surface area contributed by atoms with Crippen LogP contribution in [0.2, 0.25) is 5.02 Å². The number of carbonyl (C=O) groups excluding carboxylic acids is 1. The number of amides is 1. The van der Waals surface area contributed by atoms with Gasteiger partial charge in [0.2, 0.25) is 0 Å².